The van der Waals surface area contributed by atoms with Crippen molar-refractivity contribution in [3.63, 3.8) is 0 Å². The van der Waals surface area contributed by atoms with E-state index in [1.54, 1.807) is 0 Å². The second kappa shape index (κ2) is 5.11. The second-order valence-corrected chi connectivity index (χ2v) is 5.41. The molecule has 0 radical (unpaired) electrons. The maximum Gasteiger partial charge on any atom is 0.108 e. The first-order chi connectivity index (χ1) is 7.68. The summed E-state index contributed by atoms with van der Waals surface area (Å²) < 4.78 is 0.906. The lowest BCUT2D eigenvalue weighted by Crippen LogP contribution is -2.27. The lowest BCUT2D eigenvalue weighted by atomic mass is 10.1. The normalized spacial score (nSPS) is 21.8. The second-order valence-electron chi connectivity index (χ2n) is 5.00. The minimum Gasteiger partial charge on any atom is -0.353 e. The highest BCUT2D eigenvalue weighted by Gasteiger charge is 2.26. The van der Waals surface area contributed by atoms with Crippen LogP contribution in [-0.2, 0) is 0 Å². The molecule has 88 valence electrons. The van der Waals surface area contributed by atoms with Crippen LogP contribution in [0.5, 0.6) is 0 Å². The molecule has 0 amide bonds. The lowest BCUT2D eigenvalue weighted by Gasteiger charge is -2.26. The summed E-state index contributed by atoms with van der Waals surface area (Å²) in [5.74, 6) is 0.724. The van der Waals surface area contributed by atoms with Gasteiger partial charge in [-0.25, -0.2) is 0 Å². The number of H-pyrrole nitrogens is 1. The molecule has 3 heteroatoms. The van der Waals surface area contributed by atoms with E-state index in [0.29, 0.717) is 6.04 Å². The first-order valence-electron chi connectivity index (χ1n) is 6.10. The van der Waals surface area contributed by atoms with Gasteiger partial charge in [0.1, 0.15) is 4.64 Å². The molecule has 2 rings (SSSR count). The molecule has 1 saturated heterocycles. The van der Waals surface area contributed by atoms with Gasteiger partial charge in [-0.3, -0.25) is 4.90 Å². The Morgan fingerprint density at radius 3 is 3.06 bits per heavy atom. The van der Waals surface area contributed by atoms with Crippen molar-refractivity contribution in [3.8, 4) is 0 Å². The van der Waals surface area contributed by atoms with Gasteiger partial charge >= 0.3 is 0 Å². The third kappa shape index (κ3) is 2.53. The molecule has 1 atom stereocenters. The highest BCUT2D eigenvalue weighted by molar-refractivity contribution is 7.71. The fourth-order valence-electron chi connectivity index (χ4n) is 2.56. The monoisotopic (exact) mass is 236 g/mol. The molecule has 2 heterocycles. The molecule has 0 unspecified atom stereocenters. The molecule has 1 aromatic heterocycles. The van der Waals surface area contributed by atoms with Gasteiger partial charge < -0.3 is 4.98 Å². The summed E-state index contributed by atoms with van der Waals surface area (Å²) in [6.45, 7) is 6.95. The van der Waals surface area contributed by atoms with Gasteiger partial charge in [0.25, 0.3) is 0 Å². The van der Waals surface area contributed by atoms with Crippen LogP contribution in [0.4, 0.5) is 0 Å². The molecule has 0 aromatic carbocycles. The van der Waals surface area contributed by atoms with Crippen molar-refractivity contribution >= 4 is 12.2 Å². The van der Waals surface area contributed by atoms with Crippen LogP contribution in [0.1, 0.15) is 38.3 Å². The van der Waals surface area contributed by atoms with Crippen LogP contribution in [-0.4, -0.2) is 23.0 Å². The fourth-order valence-corrected chi connectivity index (χ4v) is 2.84. The molecule has 1 N–H and O–H groups in total. The van der Waals surface area contributed by atoms with Crippen LogP contribution in [0.25, 0.3) is 0 Å². The molecule has 1 fully saturated rings. The molecule has 16 heavy (non-hydrogen) atoms. The van der Waals surface area contributed by atoms with Gasteiger partial charge in [0.2, 0.25) is 0 Å². The average molecular weight is 236 g/mol. The van der Waals surface area contributed by atoms with E-state index in [1.165, 1.54) is 31.5 Å². The Kier molecular flexibility index (Phi) is 3.77. The van der Waals surface area contributed by atoms with E-state index in [1.807, 2.05) is 6.20 Å². The summed E-state index contributed by atoms with van der Waals surface area (Å²) in [5, 5.41) is 0. The lowest BCUT2D eigenvalue weighted by molar-refractivity contribution is 0.228. The van der Waals surface area contributed by atoms with Crippen LogP contribution in [0.2, 0.25) is 0 Å². The van der Waals surface area contributed by atoms with Crippen molar-refractivity contribution in [1.29, 1.82) is 0 Å². The highest BCUT2D eigenvalue weighted by Crippen LogP contribution is 2.32. The first kappa shape index (κ1) is 11.8. The standard InChI is InChI=1S/C13H20N2S/c1-10(2)9-15-8-4-6-12(15)11-5-3-7-14-13(11)16/h3,5,7,10,12H,4,6,8-9H2,1-2H3,(H,14,16)/t12-/m1/s1. The fraction of sp³-hybridized carbons (Fsp3) is 0.615. The summed E-state index contributed by atoms with van der Waals surface area (Å²) in [5.41, 5.74) is 1.30. The smallest absolute Gasteiger partial charge is 0.108 e. The van der Waals surface area contributed by atoms with Crippen molar-refractivity contribution in [2.75, 3.05) is 13.1 Å². The Morgan fingerprint density at radius 1 is 1.56 bits per heavy atom. The molecule has 0 bridgehead atoms. The molecule has 1 aliphatic heterocycles. The van der Waals surface area contributed by atoms with Gasteiger partial charge in [0, 0.05) is 24.3 Å². The molecule has 1 aromatic rings. The zero-order chi connectivity index (χ0) is 11.5. The zero-order valence-electron chi connectivity index (χ0n) is 10.1. The van der Waals surface area contributed by atoms with E-state index in [4.69, 9.17) is 12.2 Å². The molecular weight excluding hydrogens is 216 g/mol. The molecular formula is C13H20N2S. The van der Waals surface area contributed by atoms with Gasteiger partial charge in [-0.05, 0) is 31.4 Å². The molecule has 1 aliphatic rings. The Hall–Kier alpha value is -0.670. The van der Waals surface area contributed by atoms with E-state index in [-0.39, 0.29) is 0 Å². The average Bonchev–Trinajstić information content (AvgIpc) is 2.66. The third-order valence-electron chi connectivity index (χ3n) is 3.17. The van der Waals surface area contributed by atoms with Crippen molar-refractivity contribution in [3.05, 3.63) is 28.5 Å². The third-order valence-corrected chi connectivity index (χ3v) is 3.52. The maximum absolute atomic E-state index is 5.37. The number of nitrogens with zero attached hydrogens (tertiary/aromatic N) is 1. The van der Waals surface area contributed by atoms with E-state index < -0.39 is 0 Å². The van der Waals surface area contributed by atoms with Crippen molar-refractivity contribution in [2.24, 2.45) is 5.92 Å². The Labute approximate surface area is 103 Å². The largest absolute Gasteiger partial charge is 0.353 e. The minimum atomic E-state index is 0.535. The van der Waals surface area contributed by atoms with Gasteiger partial charge in [-0.2, -0.15) is 0 Å². The highest BCUT2D eigenvalue weighted by atomic mass is 32.1. The number of hydrogen-bond acceptors (Lipinski definition) is 2. The quantitative estimate of drug-likeness (QED) is 0.810. The Bertz CT molecular complexity index is 397. The Morgan fingerprint density at radius 2 is 2.38 bits per heavy atom. The number of hydrogen-bond donors (Lipinski definition) is 1. The summed E-state index contributed by atoms with van der Waals surface area (Å²) >= 11 is 5.37. The van der Waals surface area contributed by atoms with E-state index in [9.17, 15) is 0 Å². The Balaban J connectivity index is 2.20. The van der Waals surface area contributed by atoms with Gasteiger partial charge in [0.05, 0.1) is 0 Å². The molecule has 0 saturated carbocycles. The summed E-state index contributed by atoms with van der Waals surface area (Å²) in [7, 11) is 0. The first-order valence-corrected chi connectivity index (χ1v) is 6.51. The van der Waals surface area contributed by atoms with E-state index in [2.05, 4.69) is 35.9 Å². The number of aromatic nitrogens is 1. The van der Waals surface area contributed by atoms with E-state index in [0.717, 1.165) is 10.6 Å². The number of likely N-dealkylation sites (tertiary alicyclic amines) is 1. The molecule has 2 nitrogen and oxygen atoms in total. The van der Waals surface area contributed by atoms with Crippen LogP contribution >= 0.6 is 12.2 Å². The van der Waals surface area contributed by atoms with E-state index >= 15 is 0 Å². The summed E-state index contributed by atoms with van der Waals surface area (Å²) in [6, 6.07) is 4.76. The number of aromatic amines is 1. The predicted octanol–water partition coefficient (Wildman–Crippen LogP) is 3.54. The molecule has 0 aliphatic carbocycles. The predicted molar refractivity (Wildman–Crippen MR) is 70.0 cm³/mol. The molecule has 0 spiro atoms. The van der Waals surface area contributed by atoms with Crippen LogP contribution in [0.3, 0.4) is 0 Å². The SMILES string of the molecule is CC(C)CN1CCC[C@@H]1c1ccc[nH]c1=S. The van der Waals surface area contributed by atoms with Crippen LogP contribution < -0.4 is 0 Å². The van der Waals surface area contributed by atoms with Crippen LogP contribution in [0, 0.1) is 10.6 Å². The van der Waals surface area contributed by atoms with Gasteiger partial charge in [0.15, 0.2) is 0 Å². The number of pyridine rings is 1. The maximum atomic E-state index is 5.37. The van der Waals surface area contributed by atoms with Gasteiger partial charge in [-0.15, -0.1) is 0 Å². The number of nitrogens with one attached hydrogen (secondary N) is 1. The van der Waals surface area contributed by atoms with Crippen LogP contribution in [0.15, 0.2) is 18.3 Å². The zero-order valence-corrected chi connectivity index (χ0v) is 10.9. The topological polar surface area (TPSA) is 19.0 Å². The van der Waals surface area contributed by atoms with Crippen molar-refractivity contribution in [2.45, 2.75) is 32.7 Å². The van der Waals surface area contributed by atoms with Crippen molar-refractivity contribution < 1.29 is 0 Å². The van der Waals surface area contributed by atoms with Gasteiger partial charge in [-0.1, -0.05) is 32.1 Å². The summed E-state index contributed by atoms with van der Waals surface area (Å²) in [6.07, 6.45) is 4.45. The van der Waals surface area contributed by atoms with Crippen molar-refractivity contribution in [1.82, 2.24) is 9.88 Å². The minimum absolute atomic E-state index is 0.535. The number of rotatable bonds is 3. The summed E-state index contributed by atoms with van der Waals surface area (Å²) in [4.78, 5) is 5.71.